The van der Waals surface area contributed by atoms with Crippen molar-refractivity contribution >= 4 is 32.3 Å². The standard InChI is InChI=1S/C16H14N2O3S2/c19-23(20,16-6-3-9-22-16)18-10-13(11-18)21-15-8-7-12-4-1-2-5-14(12)17-15/h1-9,13H,10-11H2. The van der Waals surface area contributed by atoms with Gasteiger partial charge < -0.3 is 4.74 Å². The molecule has 3 aromatic rings. The van der Waals surface area contributed by atoms with E-state index in [1.807, 2.05) is 36.4 Å². The Morgan fingerprint density at radius 1 is 1.09 bits per heavy atom. The zero-order valence-corrected chi connectivity index (χ0v) is 13.8. The van der Waals surface area contributed by atoms with Crippen molar-refractivity contribution in [3.8, 4) is 5.88 Å². The number of sulfonamides is 1. The molecule has 4 rings (SSSR count). The van der Waals surface area contributed by atoms with Gasteiger partial charge in [-0.25, -0.2) is 13.4 Å². The van der Waals surface area contributed by atoms with Crippen LogP contribution in [0.1, 0.15) is 0 Å². The van der Waals surface area contributed by atoms with E-state index in [2.05, 4.69) is 4.98 Å². The average molecular weight is 346 g/mol. The molecule has 0 bridgehead atoms. The molecule has 2 aromatic heterocycles. The third kappa shape index (κ3) is 2.71. The third-order valence-corrected chi connectivity index (χ3v) is 6.97. The van der Waals surface area contributed by atoms with Gasteiger partial charge in [0.15, 0.2) is 0 Å². The second-order valence-electron chi connectivity index (χ2n) is 5.34. The van der Waals surface area contributed by atoms with E-state index in [1.54, 1.807) is 17.5 Å². The molecular weight excluding hydrogens is 332 g/mol. The summed E-state index contributed by atoms with van der Waals surface area (Å²) in [5.41, 5.74) is 0.868. The first-order valence-electron chi connectivity index (χ1n) is 7.19. The number of hydrogen-bond donors (Lipinski definition) is 0. The molecule has 0 saturated carbocycles. The second kappa shape index (κ2) is 5.59. The van der Waals surface area contributed by atoms with E-state index in [-0.39, 0.29) is 6.10 Å². The SMILES string of the molecule is O=S(=O)(c1cccs1)N1CC(Oc2ccc3ccccc3n2)C1. The highest BCUT2D eigenvalue weighted by atomic mass is 32.2. The van der Waals surface area contributed by atoms with Gasteiger partial charge >= 0.3 is 0 Å². The fourth-order valence-electron chi connectivity index (χ4n) is 2.49. The fourth-order valence-corrected chi connectivity index (χ4v) is 5.14. The largest absolute Gasteiger partial charge is 0.472 e. The summed E-state index contributed by atoms with van der Waals surface area (Å²) in [6.45, 7) is 0.712. The van der Waals surface area contributed by atoms with Crippen LogP contribution in [0, 0.1) is 0 Å². The van der Waals surface area contributed by atoms with Crippen LogP contribution in [0.4, 0.5) is 0 Å². The first-order chi connectivity index (χ1) is 11.1. The van der Waals surface area contributed by atoms with E-state index in [1.165, 1.54) is 15.6 Å². The zero-order valence-electron chi connectivity index (χ0n) is 12.1. The van der Waals surface area contributed by atoms with Crippen molar-refractivity contribution in [2.75, 3.05) is 13.1 Å². The molecule has 0 atom stereocenters. The van der Waals surface area contributed by atoms with Gasteiger partial charge in [-0.15, -0.1) is 11.3 Å². The maximum absolute atomic E-state index is 12.3. The minimum atomic E-state index is -3.37. The monoisotopic (exact) mass is 346 g/mol. The van der Waals surface area contributed by atoms with Crippen LogP contribution in [0.5, 0.6) is 5.88 Å². The van der Waals surface area contributed by atoms with E-state index in [0.717, 1.165) is 10.9 Å². The summed E-state index contributed by atoms with van der Waals surface area (Å²) in [7, 11) is -3.37. The highest BCUT2D eigenvalue weighted by Gasteiger charge is 2.38. The summed E-state index contributed by atoms with van der Waals surface area (Å²) in [5.74, 6) is 0.530. The Balaban J connectivity index is 1.44. The Kier molecular flexibility index (Phi) is 3.56. The molecule has 0 spiro atoms. The minimum absolute atomic E-state index is 0.154. The molecule has 118 valence electrons. The smallest absolute Gasteiger partial charge is 0.252 e. The molecular formula is C16H14N2O3S2. The number of nitrogens with zero attached hydrogens (tertiary/aromatic N) is 2. The highest BCUT2D eigenvalue weighted by molar-refractivity contribution is 7.91. The molecule has 1 fully saturated rings. The lowest BCUT2D eigenvalue weighted by Gasteiger charge is -2.37. The predicted octanol–water partition coefficient (Wildman–Crippen LogP) is 2.75. The third-order valence-electron chi connectivity index (χ3n) is 3.76. The van der Waals surface area contributed by atoms with Gasteiger partial charge in [0.2, 0.25) is 5.88 Å². The minimum Gasteiger partial charge on any atom is -0.472 e. The van der Waals surface area contributed by atoms with Gasteiger partial charge in [0.1, 0.15) is 10.3 Å². The molecule has 0 aliphatic carbocycles. The van der Waals surface area contributed by atoms with Gasteiger partial charge in [0, 0.05) is 11.5 Å². The maximum atomic E-state index is 12.3. The number of para-hydroxylation sites is 1. The van der Waals surface area contributed by atoms with Crippen LogP contribution in [-0.4, -0.2) is 36.9 Å². The number of pyridine rings is 1. The molecule has 0 radical (unpaired) electrons. The number of ether oxygens (including phenoxy) is 1. The van der Waals surface area contributed by atoms with Crippen LogP contribution in [0.15, 0.2) is 58.1 Å². The van der Waals surface area contributed by atoms with Gasteiger partial charge in [-0.3, -0.25) is 0 Å². The van der Waals surface area contributed by atoms with Crippen molar-refractivity contribution < 1.29 is 13.2 Å². The van der Waals surface area contributed by atoms with E-state index >= 15 is 0 Å². The molecule has 0 N–H and O–H groups in total. The Hall–Kier alpha value is -1.96. The number of aromatic nitrogens is 1. The number of thiophene rings is 1. The van der Waals surface area contributed by atoms with Crippen molar-refractivity contribution in [3.05, 3.63) is 53.9 Å². The Morgan fingerprint density at radius 2 is 1.91 bits per heavy atom. The molecule has 1 saturated heterocycles. The number of rotatable bonds is 4. The van der Waals surface area contributed by atoms with Gasteiger partial charge in [-0.1, -0.05) is 24.3 Å². The Morgan fingerprint density at radius 3 is 2.70 bits per heavy atom. The molecule has 0 amide bonds. The zero-order chi connectivity index (χ0) is 15.9. The number of benzene rings is 1. The van der Waals surface area contributed by atoms with Crippen LogP contribution in [0.3, 0.4) is 0 Å². The molecule has 23 heavy (non-hydrogen) atoms. The van der Waals surface area contributed by atoms with E-state index in [9.17, 15) is 8.42 Å². The van der Waals surface area contributed by atoms with Crippen molar-refractivity contribution in [2.45, 2.75) is 10.3 Å². The molecule has 3 heterocycles. The lowest BCUT2D eigenvalue weighted by Crippen LogP contribution is -2.55. The lowest BCUT2D eigenvalue weighted by atomic mass is 10.2. The van der Waals surface area contributed by atoms with Crippen LogP contribution in [-0.2, 0) is 10.0 Å². The van der Waals surface area contributed by atoms with E-state index in [4.69, 9.17) is 4.74 Å². The van der Waals surface area contributed by atoms with E-state index < -0.39 is 10.0 Å². The van der Waals surface area contributed by atoms with Gasteiger partial charge in [0.05, 0.1) is 18.6 Å². The summed E-state index contributed by atoms with van der Waals surface area (Å²) in [5, 5.41) is 2.81. The van der Waals surface area contributed by atoms with Crippen LogP contribution < -0.4 is 4.74 Å². The number of hydrogen-bond acceptors (Lipinski definition) is 5. The van der Waals surface area contributed by atoms with Crippen LogP contribution in [0.25, 0.3) is 10.9 Å². The summed E-state index contributed by atoms with van der Waals surface area (Å²) in [6, 6.07) is 14.9. The predicted molar refractivity (Wildman–Crippen MR) is 89.2 cm³/mol. The quantitative estimate of drug-likeness (QED) is 0.729. The van der Waals surface area contributed by atoms with Gasteiger partial charge in [0.25, 0.3) is 10.0 Å². The maximum Gasteiger partial charge on any atom is 0.252 e. The highest BCUT2D eigenvalue weighted by Crippen LogP contribution is 2.27. The molecule has 1 aromatic carbocycles. The Labute approximate surface area is 138 Å². The van der Waals surface area contributed by atoms with Crippen molar-refractivity contribution in [1.82, 2.24) is 9.29 Å². The van der Waals surface area contributed by atoms with Crippen LogP contribution >= 0.6 is 11.3 Å². The fraction of sp³-hybridized carbons (Fsp3) is 0.188. The topological polar surface area (TPSA) is 59.5 Å². The average Bonchev–Trinajstić information content (AvgIpc) is 3.05. The first kappa shape index (κ1) is 14.6. The van der Waals surface area contributed by atoms with E-state index in [0.29, 0.717) is 23.2 Å². The van der Waals surface area contributed by atoms with Gasteiger partial charge in [-0.05, 0) is 23.6 Å². The molecule has 0 unspecified atom stereocenters. The molecule has 7 heteroatoms. The van der Waals surface area contributed by atoms with Gasteiger partial charge in [-0.2, -0.15) is 4.31 Å². The molecule has 1 aliphatic rings. The first-order valence-corrected chi connectivity index (χ1v) is 9.51. The summed E-state index contributed by atoms with van der Waals surface area (Å²) in [4.78, 5) is 4.45. The Bertz CT molecular complexity index is 933. The lowest BCUT2D eigenvalue weighted by molar-refractivity contribution is 0.0725. The van der Waals surface area contributed by atoms with Crippen molar-refractivity contribution in [3.63, 3.8) is 0 Å². The second-order valence-corrected chi connectivity index (χ2v) is 8.45. The van der Waals surface area contributed by atoms with Crippen molar-refractivity contribution in [1.29, 1.82) is 0 Å². The summed E-state index contributed by atoms with van der Waals surface area (Å²) < 4.78 is 32.2. The summed E-state index contributed by atoms with van der Waals surface area (Å²) in [6.07, 6.45) is -0.154. The summed E-state index contributed by atoms with van der Waals surface area (Å²) >= 11 is 1.23. The normalized spacial score (nSPS) is 16.3. The molecule has 1 aliphatic heterocycles. The number of fused-ring (bicyclic) bond motifs is 1. The van der Waals surface area contributed by atoms with Crippen molar-refractivity contribution in [2.24, 2.45) is 0 Å². The van der Waals surface area contributed by atoms with Crippen LogP contribution in [0.2, 0.25) is 0 Å². The molecule has 5 nitrogen and oxygen atoms in total.